The second-order valence-corrected chi connectivity index (χ2v) is 8.26. The van der Waals surface area contributed by atoms with Gasteiger partial charge >= 0.3 is 0 Å². The van der Waals surface area contributed by atoms with Crippen LogP contribution in [0.15, 0.2) is 0 Å². The Kier molecular flexibility index (Phi) is 7.80. The molecule has 146 valence electrons. The molecule has 3 rings (SSSR count). The number of aliphatic hydroxyl groups is 1. The summed E-state index contributed by atoms with van der Waals surface area (Å²) in [4.78, 5) is 3.29. The minimum atomic E-state index is 0.177. The predicted molar refractivity (Wildman–Crippen MR) is 106 cm³/mol. The summed E-state index contributed by atoms with van der Waals surface area (Å²) in [5, 5.41) is 21.9. The molecule has 1 aromatic heterocycles. The van der Waals surface area contributed by atoms with E-state index in [9.17, 15) is 5.11 Å². The summed E-state index contributed by atoms with van der Waals surface area (Å²) in [6.45, 7) is 0.847. The maximum Gasteiger partial charge on any atom is 0.151 e. The van der Waals surface area contributed by atoms with Crippen LogP contribution in [0.5, 0.6) is 0 Å². The van der Waals surface area contributed by atoms with Gasteiger partial charge in [0.25, 0.3) is 0 Å². The van der Waals surface area contributed by atoms with E-state index < -0.39 is 0 Å². The van der Waals surface area contributed by atoms with Crippen molar-refractivity contribution in [3.8, 4) is 0 Å². The van der Waals surface area contributed by atoms with Crippen LogP contribution in [0, 0.1) is 0 Å². The van der Waals surface area contributed by atoms with Crippen LogP contribution >= 0.6 is 12.2 Å². The zero-order chi connectivity index (χ0) is 18.2. The van der Waals surface area contributed by atoms with Crippen LogP contribution in [0.1, 0.15) is 88.9 Å². The van der Waals surface area contributed by atoms with E-state index in [2.05, 4.69) is 25.1 Å². The molecule has 0 spiro atoms. The van der Waals surface area contributed by atoms with Gasteiger partial charge in [-0.25, -0.2) is 4.68 Å². The van der Waals surface area contributed by atoms with E-state index in [1.54, 1.807) is 0 Å². The number of thiocarbonyl (C=S) groups is 1. The number of hydrogen-bond donors (Lipinski definition) is 1. The van der Waals surface area contributed by atoms with Gasteiger partial charge in [0.2, 0.25) is 0 Å². The van der Waals surface area contributed by atoms with E-state index in [0.29, 0.717) is 18.6 Å². The minimum Gasteiger partial charge on any atom is -0.395 e. The standard InChI is InChI=1S/C19H33N5OS/c25-15-14-23(16-8-3-1-4-9-16)19(26)13-7-12-18-20-21-22-24(18)17-10-5-2-6-11-17/h16-17,25H,1-15H2. The monoisotopic (exact) mass is 379 g/mol. The van der Waals surface area contributed by atoms with Crippen LogP contribution in [-0.4, -0.2) is 54.4 Å². The summed E-state index contributed by atoms with van der Waals surface area (Å²) in [5.41, 5.74) is 0. The van der Waals surface area contributed by atoms with Crippen LogP contribution in [-0.2, 0) is 6.42 Å². The molecule has 2 aliphatic carbocycles. The third-order valence-corrected chi connectivity index (χ3v) is 6.39. The van der Waals surface area contributed by atoms with Crippen molar-refractivity contribution in [1.82, 2.24) is 25.1 Å². The summed E-state index contributed by atoms with van der Waals surface area (Å²) in [7, 11) is 0. The molecule has 0 aromatic carbocycles. The van der Waals surface area contributed by atoms with Gasteiger partial charge in [-0.15, -0.1) is 5.10 Å². The Bertz CT molecular complexity index is 552. The lowest BCUT2D eigenvalue weighted by atomic mass is 9.94. The van der Waals surface area contributed by atoms with Gasteiger partial charge in [0.1, 0.15) is 0 Å². The zero-order valence-corrected chi connectivity index (χ0v) is 16.7. The van der Waals surface area contributed by atoms with Crippen LogP contribution < -0.4 is 0 Å². The topological polar surface area (TPSA) is 67.1 Å². The second-order valence-electron chi connectivity index (χ2n) is 7.79. The number of aromatic nitrogens is 4. The van der Waals surface area contributed by atoms with Gasteiger partial charge in [0.05, 0.1) is 17.6 Å². The third-order valence-electron chi connectivity index (χ3n) is 5.95. The first kappa shape index (κ1) is 19.7. The van der Waals surface area contributed by atoms with E-state index in [-0.39, 0.29) is 6.61 Å². The Morgan fingerprint density at radius 1 is 1.08 bits per heavy atom. The molecule has 2 fully saturated rings. The molecule has 1 heterocycles. The molecule has 6 nitrogen and oxygen atoms in total. The molecule has 2 aliphatic rings. The SMILES string of the molecule is OCCN(C(=S)CCCc1nnnn1C1CCCCC1)C1CCCCC1. The first-order valence-electron chi connectivity index (χ1n) is 10.5. The number of aryl methyl sites for hydroxylation is 1. The molecule has 7 heteroatoms. The molecule has 0 unspecified atom stereocenters. The Balaban J connectivity index is 1.50. The molecule has 0 amide bonds. The highest BCUT2D eigenvalue weighted by molar-refractivity contribution is 7.80. The summed E-state index contributed by atoms with van der Waals surface area (Å²) in [5.74, 6) is 1.01. The first-order chi connectivity index (χ1) is 12.8. The maximum absolute atomic E-state index is 9.44. The van der Waals surface area contributed by atoms with Crippen molar-refractivity contribution in [2.24, 2.45) is 0 Å². The van der Waals surface area contributed by atoms with Gasteiger partial charge in [-0.1, -0.05) is 50.7 Å². The lowest BCUT2D eigenvalue weighted by Gasteiger charge is -2.36. The largest absolute Gasteiger partial charge is 0.395 e. The Hall–Kier alpha value is -1.08. The Morgan fingerprint density at radius 3 is 2.46 bits per heavy atom. The average molecular weight is 380 g/mol. The fraction of sp³-hybridized carbons (Fsp3) is 0.895. The van der Waals surface area contributed by atoms with Crippen molar-refractivity contribution in [3.05, 3.63) is 5.82 Å². The molecule has 1 aromatic rings. The summed E-state index contributed by atoms with van der Waals surface area (Å²) in [6, 6.07) is 1.00. The minimum absolute atomic E-state index is 0.177. The quantitative estimate of drug-likeness (QED) is 0.698. The van der Waals surface area contributed by atoms with Gasteiger partial charge in [0.15, 0.2) is 5.82 Å². The van der Waals surface area contributed by atoms with Gasteiger partial charge < -0.3 is 10.0 Å². The van der Waals surface area contributed by atoms with Crippen molar-refractivity contribution in [2.75, 3.05) is 13.2 Å². The molecule has 2 saturated carbocycles. The molecule has 0 atom stereocenters. The van der Waals surface area contributed by atoms with Gasteiger partial charge in [-0.3, -0.25) is 0 Å². The fourth-order valence-electron chi connectivity index (χ4n) is 4.54. The van der Waals surface area contributed by atoms with Gasteiger partial charge in [0, 0.05) is 19.0 Å². The Morgan fingerprint density at radius 2 is 1.77 bits per heavy atom. The van der Waals surface area contributed by atoms with E-state index in [0.717, 1.165) is 30.1 Å². The number of hydrogen-bond acceptors (Lipinski definition) is 5. The van der Waals surface area contributed by atoms with Crippen LogP contribution in [0.25, 0.3) is 0 Å². The number of tetrazole rings is 1. The first-order valence-corrected chi connectivity index (χ1v) is 10.9. The highest BCUT2D eigenvalue weighted by atomic mass is 32.1. The van der Waals surface area contributed by atoms with Gasteiger partial charge in [-0.05, 0) is 49.0 Å². The summed E-state index contributed by atoms with van der Waals surface area (Å²) in [6.07, 6.45) is 15.3. The molecule has 0 bridgehead atoms. The van der Waals surface area contributed by atoms with Crippen molar-refractivity contribution in [3.63, 3.8) is 0 Å². The lowest BCUT2D eigenvalue weighted by Crippen LogP contribution is -2.42. The maximum atomic E-state index is 9.44. The Labute approximate surface area is 162 Å². The highest BCUT2D eigenvalue weighted by Gasteiger charge is 2.23. The molecular formula is C19H33N5OS. The molecule has 0 saturated heterocycles. The van der Waals surface area contributed by atoms with E-state index in [4.69, 9.17) is 12.2 Å². The van der Waals surface area contributed by atoms with Crippen LogP contribution in [0.3, 0.4) is 0 Å². The molecule has 0 radical (unpaired) electrons. The van der Waals surface area contributed by atoms with Crippen molar-refractivity contribution < 1.29 is 5.11 Å². The van der Waals surface area contributed by atoms with E-state index in [1.807, 2.05) is 0 Å². The fourth-order valence-corrected chi connectivity index (χ4v) is 4.92. The van der Waals surface area contributed by atoms with E-state index >= 15 is 0 Å². The number of aliphatic hydroxyl groups excluding tert-OH is 1. The molecule has 0 aliphatic heterocycles. The predicted octanol–water partition coefficient (Wildman–Crippen LogP) is 3.46. The summed E-state index contributed by atoms with van der Waals surface area (Å²) >= 11 is 5.73. The van der Waals surface area contributed by atoms with Crippen molar-refractivity contribution in [2.45, 2.75) is 95.6 Å². The lowest BCUT2D eigenvalue weighted by molar-refractivity contribution is 0.191. The van der Waals surface area contributed by atoms with Crippen LogP contribution in [0.4, 0.5) is 0 Å². The van der Waals surface area contributed by atoms with Crippen molar-refractivity contribution in [1.29, 1.82) is 0 Å². The normalized spacial score (nSPS) is 19.6. The molecule has 26 heavy (non-hydrogen) atoms. The van der Waals surface area contributed by atoms with Crippen molar-refractivity contribution >= 4 is 17.2 Å². The van der Waals surface area contributed by atoms with E-state index in [1.165, 1.54) is 64.2 Å². The molecule has 1 N–H and O–H groups in total. The third kappa shape index (κ3) is 5.22. The summed E-state index contributed by atoms with van der Waals surface area (Å²) < 4.78 is 2.06. The second kappa shape index (κ2) is 10.3. The number of rotatable bonds is 8. The number of nitrogens with zero attached hydrogens (tertiary/aromatic N) is 5. The average Bonchev–Trinajstić information content (AvgIpc) is 3.16. The highest BCUT2D eigenvalue weighted by Crippen LogP contribution is 2.28. The zero-order valence-electron chi connectivity index (χ0n) is 15.9. The smallest absolute Gasteiger partial charge is 0.151 e. The molecular weight excluding hydrogens is 346 g/mol. The van der Waals surface area contributed by atoms with Crippen LogP contribution in [0.2, 0.25) is 0 Å². The van der Waals surface area contributed by atoms with Gasteiger partial charge in [-0.2, -0.15) is 0 Å².